The molecule has 4 fully saturated rings. The lowest BCUT2D eigenvalue weighted by Gasteiger charge is -2.64. The van der Waals surface area contributed by atoms with E-state index in [1.807, 2.05) is 28.7 Å². The maximum atomic E-state index is 14.8. The quantitative estimate of drug-likeness (QED) is 0.216. The zero-order valence-corrected chi connectivity index (χ0v) is 28.0. The summed E-state index contributed by atoms with van der Waals surface area (Å²) in [6.45, 7) is 12.1. The molecule has 0 spiro atoms. The minimum atomic E-state index is -1.25. The summed E-state index contributed by atoms with van der Waals surface area (Å²) in [7, 11) is 0.696. The van der Waals surface area contributed by atoms with Crippen molar-refractivity contribution in [1.29, 1.82) is 0 Å². The maximum absolute atomic E-state index is 14.8. The average molecular weight is 706 g/mol. The zero-order valence-electron chi connectivity index (χ0n) is 25.8. The molecule has 1 amide bonds. The number of methoxy groups -OCH3 is 1. The van der Waals surface area contributed by atoms with E-state index in [1.165, 1.54) is 19.2 Å². The summed E-state index contributed by atoms with van der Waals surface area (Å²) in [4.78, 5) is 26.6. The van der Waals surface area contributed by atoms with Crippen molar-refractivity contribution in [2.45, 2.75) is 90.1 Å². The highest BCUT2D eigenvalue weighted by Crippen LogP contribution is 2.65. The largest absolute Gasteiger partial charge is 0.496 e. The minimum Gasteiger partial charge on any atom is -0.496 e. The van der Waals surface area contributed by atoms with Crippen LogP contribution in [0.2, 0.25) is 0 Å². The van der Waals surface area contributed by atoms with Gasteiger partial charge in [-0.25, -0.2) is 9.18 Å². The lowest BCUT2D eigenvalue weighted by atomic mass is 9.43. The molecule has 2 bridgehead atoms. The number of hydrogen-bond acceptors (Lipinski definition) is 7. The summed E-state index contributed by atoms with van der Waals surface area (Å²) in [6.07, 6.45) is 2.04. The molecular weight excluding hydrogens is 665 g/mol. The van der Waals surface area contributed by atoms with Gasteiger partial charge in [-0.3, -0.25) is 4.79 Å². The van der Waals surface area contributed by atoms with Crippen molar-refractivity contribution in [1.82, 2.24) is 5.32 Å². The molecule has 1 aliphatic heterocycles. The van der Waals surface area contributed by atoms with Crippen molar-refractivity contribution in [3.8, 4) is 5.75 Å². The Hall–Kier alpha value is -2.22. The first-order chi connectivity index (χ1) is 20.0. The summed E-state index contributed by atoms with van der Waals surface area (Å²) >= 11 is 2.01. The molecule has 1 saturated heterocycles. The highest BCUT2D eigenvalue weighted by atomic mass is 127. The van der Waals surface area contributed by atoms with Crippen LogP contribution in [0.15, 0.2) is 36.4 Å². The predicted octanol–water partition coefficient (Wildman–Crippen LogP) is 5.39. The van der Waals surface area contributed by atoms with Crippen LogP contribution in [0.3, 0.4) is 0 Å². The van der Waals surface area contributed by atoms with Crippen molar-refractivity contribution in [3.63, 3.8) is 0 Å². The van der Waals surface area contributed by atoms with Crippen LogP contribution in [0, 0.1) is 26.6 Å². The van der Waals surface area contributed by atoms with E-state index in [9.17, 15) is 14.0 Å². The van der Waals surface area contributed by atoms with E-state index < -0.39 is 48.0 Å². The Bertz CT molecular complexity index is 1420. The van der Waals surface area contributed by atoms with Gasteiger partial charge in [0.05, 0.1) is 24.8 Å². The summed E-state index contributed by atoms with van der Waals surface area (Å²) in [6, 6.07) is 8.55. The maximum Gasteiger partial charge on any atom is 0.482 e. The van der Waals surface area contributed by atoms with Crippen LogP contribution in [0.25, 0.3) is 0 Å². The summed E-state index contributed by atoms with van der Waals surface area (Å²) < 4.78 is 40.1. The van der Waals surface area contributed by atoms with Crippen LogP contribution in [-0.2, 0) is 25.3 Å². The molecular formula is C32H41BFIN2O6. The Kier molecular flexibility index (Phi) is 8.69. The molecule has 11 heteroatoms. The third-order valence-corrected chi connectivity index (χ3v) is 10.2. The molecule has 2 aromatic rings. The van der Waals surface area contributed by atoms with Gasteiger partial charge < -0.3 is 29.8 Å². The van der Waals surface area contributed by atoms with Crippen molar-refractivity contribution in [2.24, 2.45) is 23.0 Å². The molecule has 0 radical (unpaired) electrons. The van der Waals surface area contributed by atoms with Gasteiger partial charge in [-0.05, 0) is 111 Å². The Morgan fingerprint density at radius 2 is 1.93 bits per heavy atom. The van der Waals surface area contributed by atoms with Crippen molar-refractivity contribution in [3.05, 3.63) is 62.5 Å². The molecule has 232 valence electrons. The number of benzene rings is 2. The number of carbonyl (C=O) groups excluding carboxylic acids is 2. The van der Waals surface area contributed by atoms with Gasteiger partial charge in [-0.2, -0.15) is 0 Å². The molecule has 43 heavy (non-hydrogen) atoms. The molecule has 4 aliphatic rings. The second-order valence-electron chi connectivity index (χ2n) is 13.8. The number of amides is 1. The Labute approximate surface area is 267 Å². The SMILES string of the molecule is COc1c(C[C@H](NC(=O)C(N)c2ccc(I)cc2F)B2O[C@@H]3C[C@@H]4C[C@@H](C4(C)C)[C@]3(C)O2)cccc1C(=O)OC(C)(C)C. The summed E-state index contributed by atoms with van der Waals surface area (Å²) in [5.41, 5.74) is 6.24. The zero-order chi connectivity index (χ0) is 31.5. The summed E-state index contributed by atoms with van der Waals surface area (Å²) in [5, 5.41) is 3.01. The third kappa shape index (κ3) is 6.06. The van der Waals surface area contributed by atoms with Crippen LogP contribution >= 0.6 is 22.6 Å². The molecule has 3 aliphatic carbocycles. The minimum absolute atomic E-state index is 0.0950. The first kappa shape index (κ1) is 32.2. The van der Waals surface area contributed by atoms with Gasteiger partial charge in [0, 0.05) is 9.13 Å². The van der Waals surface area contributed by atoms with E-state index in [-0.39, 0.29) is 29.1 Å². The van der Waals surface area contributed by atoms with Gasteiger partial charge in [0.2, 0.25) is 5.91 Å². The first-order valence-electron chi connectivity index (χ1n) is 14.8. The molecule has 1 heterocycles. The second-order valence-corrected chi connectivity index (χ2v) is 15.0. The van der Waals surface area contributed by atoms with E-state index in [2.05, 4.69) is 26.1 Å². The Balaban J connectivity index is 1.46. The number of para-hydroxylation sites is 1. The van der Waals surface area contributed by atoms with Gasteiger partial charge in [0.15, 0.2) is 0 Å². The fourth-order valence-electron chi connectivity index (χ4n) is 7.17. The summed E-state index contributed by atoms with van der Waals surface area (Å²) in [5.74, 6) is -1.13. The molecule has 6 rings (SSSR count). The van der Waals surface area contributed by atoms with Gasteiger partial charge in [0.1, 0.15) is 28.8 Å². The van der Waals surface area contributed by atoms with Crippen molar-refractivity contribution >= 4 is 41.6 Å². The Morgan fingerprint density at radius 1 is 1.21 bits per heavy atom. The highest BCUT2D eigenvalue weighted by Gasteiger charge is 2.68. The van der Waals surface area contributed by atoms with E-state index in [0.717, 1.165) is 12.8 Å². The third-order valence-electron chi connectivity index (χ3n) is 9.56. The molecule has 3 saturated carbocycles. The number of ether oxygens (including phenoxy) is 2. The lowest BCUT2D eigenvalue weighted by Crippen LogP contribution is -2.65. The monoisotopic (exact) mass is 706 g/mol. The molecule has 2 aromatic carbocycles. The molecule has 6 atom stereocenters. The highest BCUT2D eigenvalue weighted by molar-refractivity contribution is 14.1. The fourth-order valence-corrected chi connectivity index (χ4v) is 7.62. The number of esters is 1. The van der Waals surface area contributed by atoms with Gasteiger partial charge >= 0.3 is 13.1 Å². The van der Waals surface area contributed by atoms with Crippen LogP contribution in [0.5, 0.6) is 5.75 Å². The number of hydrogen-bond donors (Lipinski definition) is 2. The lowest BCUT2D eigenvalue weighted by molar-refractivity contribution is -0.199. The first-order valence-corrected chi connectivity index (χ1v) is 15.9. The van der Waals surface area contributed by atoms with Crippen LogP contribution < -0.4 is 15.8 Å². The molecule has 1 unspecified atom stereocenters. The fraction of sp³-hybridized carbons (Fsp3) is 0.562. The number of carbonyl (C=O) groups is 2. The van der Waals surface area contributed by atoms with Crippen LogP contribution in [0.4, 0.5) is 4.39 Å². The van der Waals surface area contributed by atoms with Crippen molar-refractivity contribution < 1.29 is 32.8 Å². The van der Waals surface area contributed by atoms with Gasteiger partial charge in [0.25, 0.3) is 0 Å². The molecule has 8 nitrogen and oxygen atoms in total. The van der Waals surface area contributed by atoms with Gasteiger partial charge in [-0.15, -0.1) is 0 Å². The van der Waals surface area contributed by atoms with E-state index in [0.29, 0.717) is 26.7 Å². The van der Waals surface area contributed by atoms with Gasteiger partial charge in [-0.1, -0.05) is 32.0 Å². The van der Waals surface area contributed by atoms with Crippen LogP contribution in [0.1, 0.15) is 81.9 Å². The number of nitrogens with one attached hydrogen (secondary N) is 1. The van der Waals surface area contributed by atoms with E-state index in [4.69, 9.17) is 24.5 Å². The normalized spacial score (nSPS) is 27.0. The molecule has 0 aromatic heterocycles. The Morgan fingerprint density at radius 3 is 2.56 bits per heavy atom. The van der Waals surface area contributed by atoms with E-state index in [1.54, 1.807) is 39.0 Å². The van der Waals surface area contributed by atoms with E-state index >= 15 is 0 Å². The second kappa shape index (κ2) is 11.6. The number of rotatable bonds is 8. The topological polar surface area (TPSA) is 109 Å². The van der Waals surface area contributed by atoms with Crippen LogP contribution in [-0.4, -0.2) is 49.4 Å². The predicted molar refractivity (Wildman–Crippen MR) is 170 cm³/mol. The average Bonchev–Trinajstić information content (AvgIpc) is 3.28. The molecule has 3 N–H and O–H groups in total. The smallest absolute Gasteiger partial charge is 0.482 e. The number of halogens is 2. The standard InChI is InChI=1S/C32H41BFIN2O6/c1-30(2,3)41-29(39)21-10-8-9-17(27(21)40-7)13-25(37-28(38)26(36)20-12-11-19(35)16-22(20)34)33-42-24-15-18-14-23(31(18,4)5)32(24,6)43-33/h8-12,16,18,23-26H,13-15,36H2,1-7H3,(H,37,38)/t18-,23-,24+,25-,26?,32-/m0/s1. The van der Waals surface area contributed by atoms with Crippen molar-refractivity contribution in [2.75, 3.05) is 7.11 Å². The number of nitrogens with two attached hydrogens (primary N) is 1.